The van der Waals surface area contributed by atoms with Crippen molar-refractivity contribution in [3.63, 3.8) is 0 Å². The third-order valence-electron chi connectivity index (χ3n) is 3.12. The molecule has 7 nitrogen and oxygen atoms in total. The maximum atomic E-state index is 11.9. The number of piperidine rings is 1. The summed E-state index contributed by atoms with van der Waals surface area (Å²) in [5.74, 6) is -0.850. The van der Waals surface area contributed by atoms with E-state index in [1.165, 1.54) is 0 Å². The Morgan fingerprint density at radius 3 is 2.39 bits per heavy atom. The fourth-order valence-corrected chi connectivity index (χ4v) is 2.15. The molecule has 0 aromatic rings. The first-order valence-electron chi connectivity index (χ1n) is 5.96. The number of hydrogen-bond donors (Lipinski definition) is 3. The van der Waals surface area contributed by atoms with Crippen LogP contribution in [0.2, 0.25) is 0 Å². The molecule has 1 aliphatic rings. The maximum Gasteiger partial charge on any atom is 0.312 e. The van der Waals surface area contributed by atoms with Crippen molar-refractivity contribution in [1.29, 1.82) is 0 Å². The molecule has 3 amide bonds. The molecule has 1 unspecified atom stereocenters. The number of likely N-dealkylation sites (tertiary alicyclic amines) is 1. The largest absolute Gasteiger partial charge is 0.481 e. The van der Waals surface area contributed by atoms with Crippen molar-refractivity contribution in [3.05, 3.63) is 0 Å². The molecular weight excluding hydrogens is 238 g/mol. The minimum atomic E-state index is -0.802. The van der Waals surface area contributed by atoms with E-state index in [0.717, 1.165) is 0 Å². The summed E-state index contributed by atoms with van der Waals surface area (Å²) in [7, 11) is 0. The van der Waals surface area contributed by atoms with Gasteiger partial charge in [-0.1, -0.05) is 0 Å². The van der Waals surface area contributed by atoms with Crippen LogP contribution in [-0.2, 0) is 9.59 Å². The Bertz CT molecular complexity index is 337. The summed E-state index contributed by atoms with van der Waals surface area (Å²) < 4.78 is 0. The van der Waals surface area contributed by atoms with Gasteiger partial charge >= 0.3 is 12.0 Å². The highest BCUT2D eigenvalue weighted by Gasteiger charge is 2.27. The van der Waals surface area contributed by atoms with Gasteiger partial charge in [0.2, 0.25) is 5.91 Å². The zero-order chi connectivity index (χ0) is 13.7. The number of carbonyl (C=O) groups excluding carboxylic acids is 2. The second kappa shape index (κ2) is 6.23. The molecule has 102 valence electrons. The number of urea groups is 1. The van der Waals surface area contributed by atoms with Crippen LogP contribution >= 0.6 is 0 Å². The summed E-state index contributed by atoms with van der Waals surface area (Å²) in [5.41, 5.74) is 4.95. The molecule has 0 aromatic heterocycles. The average molecular weight is 257 g/mol. The molecule has 0 spiro atoms. The quantitative estimate of drug-likeness (QED) is 0.644. The first-order chi connectivity index (χ1) is 8.40. The lowest BCUT2D eigenvalue weighted by Crippen LogP contribution is -2.50. The van der Waals surface area contributed by atoms with E-state index in [1.54, 1.807) is 11.8 Å². The van der Waals surface area contributed by atoms with Crippen molar-refractivity contribution in [2.24, 2.45) is 11.7 Å². The molecule has 1 heterocycles. The molecule has 1 fully saturated rings. The van der Waals surface area contributed by atoms with E-state index in [0.29, 0.717) is 25.9 Å². The van der Waals surface area contributed by atoms with Crippen LogP contribution in [0.4, 0.5) is 4.79 Å². The SMILES string of the molecule is CC(NC(N)=O)C(=O)N1CCC(CC(=O)O)CC1. The van der Waals surface area contributed by atoms with Crippen molar-refractivity contribution in [2.75, 3.05) is 13.1 Å². The van der Waals surface area contributed by atoms with Crippen molar-refractivity contribution in [3.8, 4) is 0 Å². The molecular formula is C11H19N3O4. The van der Waals surface area contributed by atoms with Crippen molar-refractivity contribution >= 4 is 17.9 Å². The first-order valence-corrected chi connectivity index (χ1v) is 5.96. The average Bonchev–Trinajstić information content (AvgIpc) is 2.27. The van der Waals surface area contributed by atoms with Crippen LogP contribution < -0.4 is 11.1 Å². The third kappa shape index (κ3) is 4.23. The zero-order valence-corrected chi connectivity index (χ0v) is 10.4. The van der Waals surface area contributed by atoms with Gasteiger partial charge in [-0.25, -0.2) is 4.79 Å². The number of carbonyl (C=O) groups is 3. The molecule has 0 aromatic carbocycles. The maximum absolute atomic E-state index is 11.9. The molecule has 1 saturated heterocycles. The number of aliphatic carboxylic acids is 1. The van der Waals surface area contributed by atoms with E-state index in [2.05, 4.69) is 5.32 Å². The van der Waals surface area contributed by atoms with E-state index >= 15 is 0 Å². The number of nitrogens with two attached hydrogens (primary N) is 1. The molecule has 0 aliphatic carbocycles. The number of hydrogen-bond acceptors (Lipinski definition) is 3. The van der Waals surface area contributed by atoms with Gasteiger partial charge in [0.1, 0.15) is 6.04 Å². The fraction of sp³-hybridized carbons (Fsp3) is 0.727. The minimum Gasteiger partial charge on any atom is -0.481 e. The summed E-state index contributed by atoms with van der Waals surface area (Å²) in [6.45, 7) is 2.64. The fourth-order valence-electron chi connectivity index (χ4n) is 2.15. The van der Waals surface area contributed by atoms with Gasteiger partial charge in [-0.15, -0.1) is 0 Å². The Balaban J connectivity index is 2.40. The Morgan fingerprint density at radius 1 is 1.39 bits per heavy atom. The molecule has 18 heavy (non-hydrogen) atoms. The van der Waals surface area contributed by atoms with E-state index in [9.17, 15) is 14.4 Å². The Labute approximate surface area is 105 Å². The highest BCUT2D eigenvalue weighted by Crippen LogP contribution is 2.20. The number of carboxylic acids is 1. The number of rotatable bonds is 4. The molecule has 0 radical (unpaired) electrons. The van der Waals surface area contributed by atoms with Gasteiger partial charge in [-0.3, -0.25) is 9.59 Å². The number of amides is 3. The van der Waals surface area contributed by atoms with Crippen LogP contribution in [0, 0.1) is 5.92 Å². The van der Waals surface area contributed by atoms with E-state index < -0.39 is 18.0 Å². The summed E-state index contributed by atoms with van der Waals surface area (Å²) in [6, 6.07) is -1.37. The number of nitrogens with one attached hydrogen (secondary N) is 1. The predicted molar refractivity (Wildman–Crippen MR) is 63.7 cm³/mol. The van der Waals surface area contributed by atoms with Crippen molar-refractivity contribution < 1.29 is 19.5 Å². The Hall–Kier alpha value is -1.79. The van der Waals surface area contributed by atoms with Crippen LogP contribution in [0.5, 0.6) is 0 Å². The second-order valence-corrected chi connectivity index (χ2v) is 4.60. The molecule has 0 saturated carbocycles. The molecule has 1 atom stereocenters. The van der Waals surface area contributed by atoms with Gasteiger partial charge in [-0.2, -0.15) is 0 Å². The summed E-state index contributed by atoms with van der Waals surface area (Å²) in [6.07, 6.45) is 1.51. The number of carboxylic acid groups (broad SMARTS) is 1. The Kier molecular flexibility index (Phi) is 4.94. The van der Waals surface area contributed by atoms with Gasteiger partial charge in [0.05, 0.1) is 0 Å². The highest BCUT2D eigenvalue weighted by atomic mass is 16.4. The lowest BCUT2D eigenvalue weighted by molar-refractivity contribution is -0.139. The van der Waals surface area contributed by atoms with E-state index in [4.69, 9.17) is 10.8 Å². The van der Waals surface area contributed by atoms with Crippen LogP contribution in [-0.4, -0.2) is 47.0 Å². The highest BCUT2D eigenvalue weighted by molar-refractivity contribution is 5.86. The second-order valence-electron chi connectivity index (χ2n) is 4.60. The van der Waals surface area contributed by atoms with E-state index in [1.807, 2.05) is 0 Å². The lowest BCUT2D eigenvalue weighted by atomic mass is 9.93. The summed E-state index contributed by atoms with van der Waals surface area (Å²) >= 11 is 0. The molecule has 1 aliphatic heterocycles. The smallest absolute Gasteiger partial charge is 0.312 e. The van der Waals surface area contributed by atoms with Crippen LogP contribution in [0.15, 0.2) is 0 Å². The van der Waals surface area contributed by atoms with Gasteiger partial charge in [0.15, 0.2) is 0 Å². The van der Waals surface area contributed by atoms with Crippen molar-refractivity contribution in [1.82, 2.24) is 10.2 Å². The van der Waals surface area contributed by atoms with E-state index in [-0.39, 0.29) is 18.2 Å². The van der Waals surface area contributed by atoms with Gasteiger partial charge in [-0.05, 0) is 25.7 Å². The standard InChI is InChI=1S/C11H19N3O4/c1-7(13-11(12)18)10(17)14-4-2-8(3-5-14)6-9(15)16/h7-8H,2-6H2,1H3,(H,15,16)(H3,12,13,18). The molecule has 1 rings (SSSR count). The lowest BCUT2D eigenvalue weighted by Gasteiger charge is -2.33. The van der Waals surface area contributed by atoms with Crippen molar-refractivity contribution in [2.45, 2.75) is 32.2 Å². The van der Waals surface area contributed by atoms with Gasteiger partial charge < -0.3 is 21.1 Å². The number of nitrogens with zero attached hydrogens (tertiary/aromatic N) is 1. The topological polar surface area (TPSA) is 113 Å². The van der Waals surface area contributed by atoms with Gasteiger partial charge in [0.25, 0.3) is 0 Å². The predicted octanol–water partition coefficient (Wildman–Crippen LogP) is -0.243. The summed E-state index contributed by atoms with van der Waals surface area (Å²) in [5, 5.41) is 11.0. The summed E-state index contributed by atoms with van der Waals surface area (Å²) in [4.78, 5) is 34.8. The number of primary amides is 1. The first kappa shape index (κ1) is 14.3. The van der Waals surface area contributed by atoms with Gasteiger partial charge in [0, 0.05) is 19.5 Å². The van der Waals surface area contributed by atoms with Crippen LogP contribution in [0.1, 0.15) is 26.2 Å². The molecule has 7 heteroatoms. The Morgan fingerprint density at radius 2 is 1.94 bits per heavy atom. The third-order valence-corrected chi connectivity index (χ3v) is 3.12. The zero-order valence-electron chi connectivity index (χ0n) is 10.4. The van der Waals surface area contributed by atoms with Crippen LogP contribution in [0.25, 0.3) is 0 Å². The van der Waals surface area contributed by atoms with Crippen LogP contribution in [0.3, 0.4) is 0 Å². The monoisotopic (exact) mass is 257 g/mol. The minimum absolute atomic E-state index is 0.131. The molecule has 4 N–H and O–H groups in total. The molecule has 0 bridgehead atoms. The normalized spacial score (nSPS) is 18.2.